The number of benzene rings is 2. The van der Waals surface area contributed by atoms with Crippen molar-refractivity contribution >= 4 is 16.8 Å². The van der Waals surface area contributed by atoms with Crippen LogP contribution >= 0.6 is 0 Å². The largest absolute Gasteiger partial charge is 0.364 e. The van der Waals surface area contributed by atoms with Crippen LogP contribution < -0.4 is 5.73 Å². The first-order valence-electron chi connectivity index (χ1n) is 5.83. The second kappa shape index (κ2) is 4.24. The van der Waals surface area contributed by atoms with Crippen molar-refractivity contribution in [2.45, 2.75) is 0 Å². The molecule has 1 amide bonds. The van der Waals surface area contributed by atoms with Crippen molar-refractivity contribution in [1.29, 1.82) is 0 Å². The van der Waals surface area contributed by atoms with Crippen LogP contribution in [-0.2, 0) is 0 Å². The smallest absolute Gasteiger partial charge is 0.265 e. The summed E-state index contributed by atoms with van der Waals surface area (Å²) >= 11 is 0. The molecule has 0 spiro atoms. The SMILES string of the molecule is NC(=O)c1cc2ccccc2n1-c1ccc(F)cc1. The third kappa shape index (κ3) is 1.87. The average Bonchev–Trinajstić information content (AvgIpc) is 2.79. The molecule has 0 aliphatic rings. The van der Waals surface area contributed by atoms with Gasteiger partial charge in [-0.3, -0.25) is 4.79 Å². The highest BCUT2D eigenvalue weighted by Gasteiger charge is 2.14. The lowest BCUT2D eigenvalue weighted by atomic mass is 10.2. The molecule has 0 radical (unpaired) electrons. The van der Waals surface area contributed by atoms with E-state index in [4.69, 9.17) is 5.73 Å². The molecule has 3 nitrogen and oxygen atoms in total. The van der Waals surface area contributed by atoms with Crippen molar-refractivity contribution < 1.29 is 9.18 Å². The summed E-state index contributed by atoms with van der Waals surface area (Å²) in [5.41, 5.74) is 7.36. The lowest BCUT2D eigenvalue weighted by Crippen LogP contribution is -2.15. The van der Waals surface area contributed by atoms with E-state index in [-0.39, 0.29) is 5.82 Å². The molecular weight excluding hydrogens is 243 g/mol. The molecule has 19 heavy (non-hydrogen) atoms. The molecule has 0 fully saturated rings. The van der Waals surface area contributed by atoms with E-state index in [9.17, 15) is 9.18 Å². The maximum atomic E-state index is 13.0. The second-order valence-corrected chi connectivity index (χ2v) is 4.26. The zero-order valence-electron chi connectivity index (χ0n) is 10.0. The highest BCUT2D eigenvalue weighted by atomic mass is 19.1. The first-order valence-corrected chi connectivity index (χ1v) is 5.83. The van der Waals surface area contributed by atoms with Crippen LogP contribution in [0.5, 0.6) is 0 Å². The second-order valence-electron chi connectivity index (χ2n) is 4.26. The number of nitrogens with zero attached hydrogens (tertiary/aromatic N) is 1. The van der Waals surface area contributed by atoms with Gasteiger partial charge in [0.25, 0.3) is 5.91 Å². The topological polar surface area (TPSA) is 48.0 Å². The molecule has 0 aliphatic heterocycles. The Balaban J connectivity index is 2.34. The molecule has 3 rings (SSSR count). The molecule has 2 N–H and O–H groups in total. The third-order valence-electron chi connectivity index (χ3n) is 3.05. The van der Waals surface area contributed by atoms with E-state index >= 15 is 0 Å². The number of hydrogen-bond acceptors (Lipinski definition) is 1. The Kier molecular flexibility index (Phi) is 2.56. The van der Waals surface area contributed by atoms with Gasteiger partial charge in [-0.15, -0.1) is 0 Å². The number of fused-ring (bicyclic) bond motifs is 1. The standard InChI is InChI=1S/C15H11FN2O/c16-11-5-7-12(8-6-11)18-13-4-2-1-3-10(13)9-14(18)15(17)19/h1-9H,(H2,17,19). The predicted molar refractivity (Wildman–Crippen MR) is 71.8 cm³/mol. The fourth-order valence-corrected chi connectivity index (χ4v) is 2.20. The first kappa shape index (κ1) is 11.5. The van der Waals surface area contributed by atoms with E-state index in [1.807, 2.05) is 24.3 Å². The molecule has 0 bridgehead atoms. The van der Waals surface area contributed by atoms with Crippen molar-refractivity contribution in [1.82, 2.24) is 4.57 Å². The average molecular weight is 254 g/mol. The van der Waals surface area contributed by atoms with E-state index in [2.05, 4.69) is 0 Å². The Labute approximate surface area is 109 Å². The number of aromatic nitrogens is 1. The molecule has 3 aromatic rings. The van der Waals surface area contributed by atoms with Crippen molar-refractivity contribution in [2.24, 2.45) is 5.73 Å². The zero-order chi connectivity index (χ0) is 13.4. The molecule has 4 heteroatoms. The third-order valence-corrected chi connectivity index (χ3v) is 3.05. The fraction of sp³-hybridized carbons (Fsp3) is 0. The first-order chi connectivity index (χ1) is 9.16. The van der Waals surface area contributed by atoms with Gasteiger partial charge in [0.2, 0.25) is 0 Å². The zero-order valence-corrected chi connectivity index (χ0v) is 10.0. The molecule has 0 saturated heterocycles. The minimum atomic E-state index is -0.513. The molecule has 0 atom stereocenters. The maximum Gasteiger partial charge on any atom is 0.265 e. The number of para-hydroxylation sites is 1. The summed E-state index contributed by atoms with van der Waals surface area (Å²) in [5.74, 6) is -0.832. The highest BCUT2D eigenvalue weighted by Crippen LogP contribution is 2.24. The Morgan fingerprint density at radius 2 is 1.74 bits per heavy atom. The van der Waals surface area contributed by atoms with Gasteiger partial charge in [0, 0.05) is 11.1 Å². The van der Waals surface area contributed by atoms with Gasteiger partial charge in [-0.25, -0.2) is 4.39 Å². The quantitative estimate of drug-likeness (QED) is 0.751. The van der Waals surface area contributed by atoms with Crippen LogP contribution in [0.2, 0.25) is 0 Å². The molecule has 0 saturated carbocycles. The fourth-order valence-electron chi connectivity index (χ4n) is 2.20. The summed E-state index contributed by atoms with van der Waals surface area (Å²) in [7, 11) is 0. The summed E-state index contributed by atoms with van der Waals surface area (Å²) in [4.78, 5) is 11.6. The molecule has 2 aromatic carbocycles. The summed E-state index contributed by atoms with van der Waals surface area (Å²) in [6.07, 6.45) is 0. The summed E-state index contributed by atoms with van der Waals surface area (Å²) in [6, 6.07) is 15.3. The van der Waals surface area contributed by atoms with Crippen molar-refractivity contribution in [2.75, 3.05) is 0 Å². The van der Waals surface area contributed by atoms with E-state index in [1.54, 1.807) is 22.8 Å². The van der Waals surface area contributed by atoms with Gasteiger partial charge >= 0.3 is 0 Å². The minimum absolute atomic E-state index is 0.319. The molecule has 0 unspecified atom stereocenters. The minimum Gasteiger partial charge on any atom is -0.364 e. The van der Waals surface area contributed by atoms with E-state index in [1.165, 1.54) is 12.1 Å². The molecule has 94 valence electrons. The van der Waals surface area contributed by atoms with Crippen molar-refractivity contribution in [3.8, 4) is 5.69 Å². The van der Waals surface area contributed by atoms with Gasteiger partial charge in [-0.2, -0.15) is 0 Å². The number of primary amides is 1. The van der Waals surface area contributed by atoms with Gasteiger partial charge < -0.3 is 10.3 Å². The van der Waals surface area contributed by atoms with Gasteiger partial charge in [-0.05, 0) is 36.4 Å². The van der Waals surface area contributed by atoms with Crippen LogP contribution in [0.4, 0.5) is 4.39 Å². The summed E-state index contributed by atoms with van der Waals surface area (Å²) < 4.78 is 14.7. The van der Waals surface area contributed by atoms with Crippen LogP contribution in [0.1, 0.15) is 10.5 Å². The number of amides is 1. The number of nitrogens with two attached hydrogens (primary N) is 1. The predicted octanol–water partition coefficient (Wildman–Crippen LogP) is 2.87. The number of rotatable bonds is 2. The van der Waals surface area contributed by atoms with Crippen LogP contribution in [0.3, 0.4) is 0 Å². The van der Waals surface area contributed by atoms with Crippen molar-refractivity contribution in [3.63, 3.8) is 0 Å². The number of hydrogen-bond donors (Lipinski definition) is 1. The monoisotopic (exact) mass is 254 g/mol. The molecule has 0 aliphatic carbocycles. The number of carbonyl (C=O) groups excluding carboxylic acids is 1. The summed E-state index contributed by atoms with van der Waals surface area (Å²) in [5, 5.41) is 0.917. The lowest BCUT2D eigenvalue weighted by Gasteiger charge is -2.08. The van der Waals surface area contributed by atoms with E-state index in [0.29, 0.717) is 11.4 Å². The highest BCUT2D eigenvalue weighted by molar-refractivity contribution is 5.99. The summed E-state index contributed by atoms with van der Waals surface area (Å²) in [6.45, 7) is 0. The maximum absolute atomic E-state index is 13.0. The van der Waals surface area contributed by atoms with Crippen LogP contribution in [-0.4, -0.2) is 10.5 Å². The van der Waals surface area contributed by atoms with Gasteiger partial charge in [0.15, 0.2) is 0 Å². The Morgan fingerprint density at radius 1 is 1.05 bits per heavy atom. The number of halogens is 1. The van der Waals surface area contributed by atoms with Crippen LogP contribution in [0, 0.1) is 5.82 Å². The van der Waals surface area contributed by atoms with E-state index < -0.39 is 5.91 Å². The van der Waals surface area contributed by atoms with Gasteiger partial charge in [-0.1, -0.05) is 18.2 Å². The van der Waals surface area contributed by atoms with Gasteiger partial charge in [0.1, 0.15) is 11.5 Å². The van der Waals surface area contributed by atoms with Crippen molar-refractivity contribution in [3.05, 3.63) is 66.1 Å². The Hall–Kier alpha value is -2.62. The van der Waals surface area contributed by atoms with Crippen LogP contribution in [0.25, 0.3) is 16.6 Å². The molecule has 1 heterocycles. The van der Waals surface area contributed by atoms with Crippen LogP contribution in [0.15, 0.2) is 54.6 Å². The lowest BCUT2D eigenvalue weighted by molar-refractivity contribution is 0.0994. The normalized spacial score (nSPS) is 10.8. The Bertz CT molecular complexity index is 759. The molecular formula is C15H11FN2O. The Morgan fingerprint density at radius 3 is 2.42 bits per heavy atom. The molecule has 1 aromatic heterocycles. The van der Waals surface area contributed by atoms with E-state index in [0.717, 1.165) is 10.9 Å². The van der Waals surface area contributed by atoms with Gasteiger partial charge in [0.05, 0.1) is 5.52 Å². The number of carbonyl (C=O) groups is 1.